The van der Waals surface area contributed by atoms with Crippen molar-refractivity contribution in [1.29, 1.82) is 0 Å². The number of carbonyl (C=O) groups is 1. The lowest BCUT2D eigenvalue weighted by Gasteiger charge is -2.54. The molecule has 3 aliphatic carbocycles. The second kappa shape index (κ2) is 7.62. The number of hydrogen-bond acceptors (Lipinski definition) is 8. The van der Waals surface area contributed by atoms with Crippen LogP contribution in [0.25, 0.3) is 0 Å². The number of fused-ring (bicyclic) bond motifs is 2. The molecular weight excluding hydrogens is 443 g/mol. The molecule has 0 spiro atoms. The summed E-state index contributed by atoms with van der Waals surface area (Å²) in [6, 6.07) is 0. The summed E-state index contributed by atoms with van der Waals surface area (Å²) in [5.74, 6) is -0.406. The molecule has 168 valence electrons. The van der Waals surface area contributed by atoms with Gasteiger partial charge in [-0.3, -0.25) is 8.98 Å². The Morgan fingerprint density at radius 3 is 2.45 bits per heavy atom. The third-order valence-electron chi connectivity index (χ3n) is 5.96. The van der Waals surface area contributed by atoms with Crippen LogP contribution in [0.3, 0.4) is 0 Å². The van der Waals surface area contributed by atoms with Gasteiger partial charge in [0.2, 0.25) is 0 Å². The molecule has 9 nitrogen and oxygen atoms in total. The molecule has 5 unspecified atom stereocenters. The molecule has 5 atom stereocenters. The molecule has 0 saturated heterocycles. The minimum Gasteiger partial charge on any atom is -0.463 e. The first-order valence-electron chi connectivity index (χ1n) is 9.10. The fourth-order valence-corrected chi connectivity index (χ4v) is 6.96. The van der Waals surface area contributed by atoms with E-state index in [0.29, 0.717) is 22.9 Å². The Labute approximate surface area is 166 Å². The van der Waals surface area contributed by atoms with Gasteiger partial charge in [0, 0.05) is 0 Å². The first-order valence-corrected chi connectivity index (χ1v) is 12.0. The Bertz CT molecular complexity index is 855. The van der Waals surface area contributed by atoms with E-state index in [-0.39, 0.29) is 18.3 Å². The fraction of sp³-hybridized carbons (Fsp3) is 0.933. The first-order chi connectivity index (χ1) is 13.2. The molecule has 0 radical (unpaired) electrons. The van der Waals surface area contributed by atoms with Gasteiger partial charge in [0.1, 0.15) is 13.2 Å². The van der Waals surface area contributed by atoms with Gasteiger partial charge in [-0.1, -0.05) is 10.5 Å². The molecule has 0 heterocycles. The Morgan fingerprint density at radius 1 is 1.10 bits per heavy atom. The van der Waals surface area contributed by atoms with Crippen molar-refractivity contribution in [3.8, 4) is 0 Å². The quantitative estimate of drug-likeness (QED) is 0.416. The summed E-state index contributed by atoms with van der Waals surface area (Å²) in [4.78, 5) is 12.4. The van der Waals surface area contributed by atoms with E-state index in [2.05, 4.69) is 4.18 Å². The van der Waals surface area contributed by atoms with E-state index in [9.17, 15) is 39.9 Å². The van der Waals surface area contributed by atoms with Gasteiger partial charge in [-0.15, -0.1) is 0 Å². The Balaban J connectivity index is 1.50. The second-order valence-electron chi connectivity index (χ2n) is 8.02. The van der Waals surface area contributed by atoms with Crippen molar-refractivity contribution in [1.82, 2.24) is 4.13 Å². The fourth-order valence-electron chi connectivity index (χ4n) is 5.03. The molecule has 0 amide bonds. The highest BCUT2D eigenvalue weighted by Crippen LogP contribution is 2.56. The summed E-state index contributed by atoms with van der Waals surface area (Å²) in [7, 11) is -11.4. The molecule has 3 fully saturated rings. The van der Waals surface area contributed by atoms with Crippen LogP contribution in [0.4, 0.5) is 13.2 Å². The maximum Gasteiger partial charge on any atom is 0.512 e. The van der Waals surface area contributed by atoms with Crippen molar-refractivity contribution in [2.45, 2.75) is 49.6 Å². The van der Waals surface area contributed by atoms with Crippen LogP contribution in [0, 0.1) is 23.7 Å². The van der Waals surface area contributed by atoms with E-state index in [1.54, 1.807) is 0 Å². The molecule has 3 bridgehead atoms. The van der Waals surface area contributed by atoms with Crippen molar-refractivity contribution < 1.29 is 48.8 Å². The zero-order chi connectivity index (χ0) is 21.7. The number of hydrogen-bond donors (Lipinski definition) is 2. The van der Waals surface area contributed by atoms with Gasteiger partial charge < -0.3 is 9.84 Å². The SMILES string of the molecule is O=C(OCCOS(=O)(=O)NS(=O)(=O)C(F)(F)F)C1CC2(O)CC3CCC1C(C3)C2. The van der Waals surface area contributed by atoms with Crippen molar-refractivity contribution in [2.24, 2.45) is 23.7 Å². The lowest BCUT2D eigenvalue weighted by atomic mass is 9.52. The molecule has 2 N–H and O–H groups in total. The van der Waals surface area contributed by atoms with E-state index in [0.717, 1.165) is 19.3 Å². The minimum absolute atomic E-state index is 0.0718. The van der Waals surface area contributed by atoms with E-state index < -0.39 is 56.5 Å². The average molecular weight is 465 g/mol. The maximum atomic E-state index is 12.4. The van der Waals surface area contributed by atoms with Crippen LogP contribution in [0.15, 0.2) is 0 Å². The molecule has 14 heteroatoms. The highest BCUT2D eigenvalue weighted by Gasteiger charge is 2.54. The van der Waals surface area contributed by atoms with Crippen molar-refractivity contribution in [3.63, 3.8) is 0 Å². The van der Waals surface area contributed by atoms with E-state index in [4.69, 9.17) is 4.74 Å². The average Bonchev–Trinajstić information content (AvgIpc) is 2.54. The number of ether oxygens (including phenoxy) is 1. The van der Waals surface area contributed by atoms with Crippen molar-refractivity contribution in [3.05, 3.63) is 0 Å². The Morgan fingerprint density at radius 2 is 1.79 bits per heavy atom. The molecule has 0 aliphatic heterocycles. The van der Waals surface area contributed by atoms with E-state index >= 15 is 0 Å². The summed E-state index contributed by atoms with van der Waals surface area (Å²) < 4.78 is 90.4. The number of rotatable bonds is 7. The predicted molar refractivity (Wildman–Crippen MR) is 90.6 cm³/mol. The van der Waals surface area contributed by atoms with Gasteiger partial charge >= 0.3 is 31.8 Å². The van der Waals surface area contributed by atoms with Gasteiger partial charge in [-0.05, 0) is 49.9 Å². The lowest BCUT2D eigenvalue weighted by molar-refractivity contribution is -0.173. The topological polar surface area (TPSA) is 136 Å². The highest BCUT2D eigenvalue weighted by molar-refractivity contribution is 8.03. The summed E-state index contributed by atoms with van der Waals surface area (Å²) in [6.07, 6.45) is 4.27. The van der Waals surface area contributed by atoms with Gasteiger partial charge in [0.05, 0.1) is 11.5 Å². The predicted octanol–water partition coefficient (Wildman–Crippen LogP) is 0.807. The van der Waals surface area contributed by atoms with Crippen LogP contribution in [0.1, 0.15) is 38.5 Å². The van der Waals surface area contributed by atoms with E-state index in [1.165, 1.54) is 0 Å². The number of sulfonamides is 1. The Hall–Kier alpha value is -0.960. The number of alkyl halides is 3. The number of aliphatic hydroxyl groups is 1. The normalized spacial score (nSPS) is 34.8. The first kappa shape index (κ1) is 22.7. The van der Waals surface area contributed by atoms with Gasteiger partial charge in [-0.25, -0.2) is 8.42 Å². The summed E-state index contributed by atoms with van der Waals surface area (Å²) in [5, 5.41) is 10.7. The standard InChI is InChI=1S/C15H22F3NO8S2/c16-15(17,18)28(22,23)19-29(24,25)27-4-3-26-13(20)12-8-14(21)6-9-1-2-11(12)10(5-9)7-14/h9-12,19,21H,1-8H2. The molecule has 0 aromatic rings. The molecular formula is C15H22F3NO8S2. The summed E-state index contributed by atoms with van der Waals surface area (Å²) in [6.45, 7) is -1.46. The van der Waals surface area contributed by atoms with Gasteiger partial charge in [-0.2, -0.15) is 21.6 Å². The van der Waals surface area contributed by atoms with Crippen LogP contribution in [0.2, 0.25) is 0 Å². The lowest BCUT2D eigenvalue weighted by Crippen LogP contribution is -2.54. The number of esters is 1. The van der Waals surface area contributed by atoms with Crippen molar-refractivity contribution in [2.75, 3.05) is 13.2 Å². The van der Waals surface area contributed by atoms with Crippen molar-refractivity contribution >= 4 is 26.3 Å². The minimum atomic E-state index is -6.15. The Kier molecular flexibility index (Phi) is 5.97. The largest absolute Gasteiger partial charge is 0.512 e. The maximum absolute atomic E-state index is 12.4. The van der Waals surface area contributed by atoms with Crippen LogP contribution < -0.4 is 4.13 Å². The van der Waals surface area contributed by atoms with Crippen LogP contribution in [-0.4, -0.2) is 52.2 Å². The zero-order valence-electron chi connectivity index (χ0n) is 15.2. The zero-order valence-corrected chi connectivity index (χ0v) is 16.9. The molecule has 3 rings (SSSR count). The monoisotopic (exact) mass is 465 g/mol. The third kappa shape index (κ3) is 5.03. The molecule has 0 aromatic heterocycles. The third-order valence-corrected chi connectivity index (χ3v) is 8.74. The van der Waals surface area contributed by atoms with Gasteiger partial charge in [0.15, 0.2) is 0 Å². The highest BCUT2D eigenvalue weighted by atomic mass is 32.3. The van der Waals surface area contributed by atoms with Crippen LogP contribution >= 0.6 is 0 Å². The smallest absolute Gasteiger partial charge is 0.463 e. The van der Waals surface area contributed by atoms with E-state index in [1.807, 2.05) is 0 Å². The van der Waals surface area contributed by atoms with Crippen LogP contribution in [0.5, 0.6) is 0 Å². The molecule has 0 aromatic carbocycles. The van der Waals surface area contributed by atoms with Gasteiger partial charge in [0.25, 0.3) is 0 Å². The second-order valence-corrected chi connectivity index (χ2v) is 11.3. The number of halogens is 3. The molecule has 3 saturated carbocycles. The summed E-state index contributed by atoms with van der Waals surface area (Å²) in [5.41, 5.74) is -6.74. The number of carbonyl (C=O) groups excluding carboxylic acids is 1. The molecule has 3 aliphatic rings. The number of nitrogens with one attached hydrogen (secondary N) is 1. The molecule has 29 heavy (non-hydrogen) atoms. The van der Waals surface area contributed by atoms with Crippen LogP contribution in [-0.2, 0) is 34.0 Å². The summed E-state index contributed by atoms with van der Waals surface area (Å²) >= 11 is 0.